The van der Waals surface area contributed by atoms with Crippen LogP contribution in [-0.2, 0) is 6.18 Å². The van der Waals surface area contributed by atoms with Crippen LogP contribution in [0.15, 0.2) is 85.6 Å². The second-order valence-electron chi connectivity index (χ2n) is 7.97. The van der Waals surface area contributed by atoms with Gasteiger partial charge in [-0.05, 0) is 67.8 Å². The molecule has 2 aromatic carbocycles. The van der Waals surface area contributed by atoms with E-state index in [0.29, 0.717) is 15.8 Å². The number of pyridine rings is 1. The largest absolute Gasteiger partial charge is 0.416 e. The first-order valence-corrected chi connectivity index (χ1v) is 11.1. The third kappa shape index (κ3) is 5.93. The Kier molecular flexibility index (Phi) is 4.44. The molecule has 0 saturated carbocycles. The molecular weight excluding hydrogens is 507 g/mol. The van der Waals surface area contributed by atoms with E-state index >= 15 is 0 Å². The minimum Gasteiger partial charge on any atom is -0.324 e. The Bertz CT molecular complexity index is 2070. The third-order valence-electron chi connectivity index (χ3n) is 5.18. The van der Waals surface area contributed by atoms with E-state index < -0.39 is 83.4 Å². The highest BCUT2D eigenvalue weighted by molar-refractivity contribution is 6.05. The molecule has 3 heterocycles. The van der Waals surface area contributed by atoms with Gasteiger partial charge < -0.3 is 15.2 Å². The number of nitrogens with one attached hydrogen (secondary N) is 2. The van der Waals surface area contributed by atoms with Crippen LogP contribution in [0.25, 0.3) is 16.9 Å². The predicted molar refractivity (Wildman–Crippen MR) is 141 cm³/mol. The molecule has 0 unspecified atom stereocenters. The molecule has 8 nitrogen and oxygen atoms in total. The Morgan fingerprint density at radius 1 is 1.10 bits per heavy atom. The van der Waals surface area contributed by atoms with Crippen LogP contribution in [0.1, 0.15) is 39.5 Å². The lowest BCUT2D eigenvalue weighted by Crippen LogP contribution is -2.14. The van der Waals surface area contributed by atoms with Crippen molar-refractivity contribution in [2.24, 2.45) is 0 Å². The number of halogens is 3. The minimum absolute atomic E-state index is 0.0460. The van der Waals surface area contributed by atoms with Crippen molar-refractivity contribution < 1.29 is 30.3 Å². The van der Waals surface area contributed by atoms with Gasteiger partial charge in [-0.25, -0.2) is 15.0 Å². The van der Waals surface area contributed by atoms with Gasteiger partial charge in [0.05, 0.1) is 31.5 Å². The van der Waals surface area contributed by atoms with Gasteiger partial charge in [-0.3, -0.25) is 9.78 Å². The highest BCUT2D eigenvalue weighted by Gasteiger charge is 2.31. The zero-order valence-corrected chi connectivity index (χ0v) is 19.9. The fourth-order valence-electron chi connectivity index (χ4n) is 3.32. The molecule has 0 atom stereocenters. The van der Waals surface area contributed by atoms with Gasteiger partial charge in [0.15, 0.2) is 0 Å². The van der Waals surface area contributed by atoms with E-state index in [-0.39, 0.29) is 17.2 Å². The molecular formula is C28H22F3N7O. The van der Waals surface area contributed by atoms with Gasteiger partial charge in [-0.1, -0.05) is 6.04 Å². The third-order valence-corrected chi connectivity index (χ3v) is 5.18. The number of benzene rings is 2. The molecule has 0 saturated heterocycles. The summed E-state index contributed by atoms with van der Waals surface area (Å²) in [7, 11) is 0. The molecule has 39 heavy (non-hydrogen) atoms. The van der Waals surface area contributed by atoms with E-state index in [1.54, 1.807) is 30.6 Å². The van der Waals surface area contributed by atoms with Crippen molar-refractivity contribution >= 4 is 23.2 Å². The lowest BCUT2D eigenvalue weighted by molar-refractivity contribution is -0.137. The molecule has 0 radical (unpaired) electrons. The van der Waals surface area contributed by atoms with Crippen LogP contribution >= 0.6 is 0 Å². The zero-order chi connectivity index (χ0) is 35.3. The van der Waals surface area contributed by atoms with Crippen molar-refractivity contribution in [1.82, 2.24) is 24.5 Å². The summed E-state index contributed by atoms with van der Waals surface area (Å²) >= 11 is 0. The van der Waals surface area contributed by atoms with Gasteiger partial charge >= 0.3 is 6.18 Å². The van der Waals surface area contributed by atoms with E-state index in [1.807, 2.05) is 5.32 Å². The number of hydrogen-bond acceptors (Lipinski definition) is 6. The molecule has 5 aromatic rings. The SMILES string of the molecule is [2H]c1c([2H])c(C(=O)Nc2c([2H])c(-n3cnc(C([2H])([2H])[2H])c3)c([2H])c(C(F)(F)F)c2[2H])c([2H])c(Nc2nccc(-c3cccnc3)n2)c1C. The maximum absolute atomic E-state index is 14.2. The summed E-state index contributed by atoms with van der Waals surface area (Å²) in [5, 5.41) is 4.77. The minimum atomic E-state index is -5.33. The van der Waals surface area contributed by atoms with Crippen molar-refractivity contribution in [2.75, 3.05) is 10.6 Å². The monoisotopic (exact) mass is 538 g/mol. The number of nitrogens with zero attached hydrogens (tertiary/aromatic N) is 5. The molecule has 0 fully saturated rings. The Hall–Kier alpha value is -5.06. The molecule has 0 aliphatic heterocycles. The fourth-order valence-corrected chi connectivity index (χ4v) is 3.32. The van der Waals surface area contributed by atoms with Crippen LogP contribution in [0.2, 0.25) is 0 Å². The number of aryl methyl sites for hydroxylation is 1. The number of carbonyl (C=O) groups is 1. The van der Waals surface area contributed by atoms with Crippen LogP contribution in [0.3, 0.4) is 0 Å². The summed E-state index contributed by atoms with van der Waals surface area (Å²) in [6.07, 6.45) is 0.774. The van der Waals surface area contributed by atoms with Crippen molar-refractivity contribution in [1.29, 1.82) is 0 Å². The number of hydrogen-bond donors (Lipinski definition) is 2. The molecule has 0 spiro atoms. The molecule has 0 aliphatic rings. The van der Waals surface area contributed by atoms with Gasteiger partial charge in [0.25, 0.3) is 5.91 Å². The van der Waals surface area contributed by atoms with E-state index in [1.165, 1.54) is 13.1 Å². The predicted octanol–water partition coefficient (Wildman–Crippen LogP) is 6.36. The lowest BCUT2D eigenvalue weighted by atomic mass is 10.1. The molecule has 0 bridgehead atoms. The number of alkyl halides is 3. The Morgan fingerprint density at radius 2 is 1.97 bits per heavy atom. The molecule has 11 heteroatoms. The van der Waals surface area contributed by atoms with Gasteiger partial charge in [-0.15, -0.1) is 0 Å². The number of amides is 1. The summed E-state index contributed by atoms with van der Waals surface area (Å²) in [5.41, 5.74) is -4.12. The average molecular weight is 539 g/mol. The Labute approximate surface area is 234 Å². The first-order valence-electron chi connectivity index (χ1n) is 15.6. The van der Waals surface area contributed by atoms with Crippen LogP contribution < -0.4 is 10.6 Å². The van der Waals surface area contributed by atoms with Crippen molar-refractivity contribution in [3.8, 4) is 16.9 Å². The fraction of sp³-hybridized carbons (Fsp3) is 0.107. The second-order valence-corrected chi connectivity index (χ2v) is 7.97. The number of aromatic nitrogens is 5. The molecule has 5 rings (SSSR count). The molecule has 0 aliphatic carbocycles. The standard InChI is InChI=1S/C28H22F3N7O/c1-17-5-6-19(10-25(17)37-27-33-9-7-24(36-27)20-4-3-8-32-14-20)26(39)35-22-11-21(28(29,30)31)12-23(13-22)38-15-18(2)34-16-38/h3-16H,1-2H3,(H,35,39)(H,33,36,37)/i2D3,5D,6D,10D,11D,12D,13D. The zero-order valence-electron chi connectivity index (χ0n) is 28.9. The summed E-state index contributed by atoms with van der Waals surface area (Å²) in [5.74, 6) is -1.46. The molecule has 2 N–H and O–H groups in total. The quantitative estimate of drug-likeness (QED) is 0.261. The van der Waals surface area contributed by atoms with E-state index in [2.05, 4.69) is 25.3 Å². The molecule has 3 aromatic heterocycles. The van der Waals surface area contributed by atoms with E-state index in [4.69, 9.17) is 12.3 Å². The summed E-state index contributed by atoms with van der Waals surface area (Å²) in [6, 6.07) is -0.718. The summed E-state index contributed by atoms with van der Waals surface area (Å²) in [6.45, 7) is -1.38. The van der Waals surface area contributed by atoms with Crippen LogP contribution in [0, 0.1) is 13.8 Å². The highest BCUT2D eigenvalue weighted by atomic mass is 19.4. The number of carbonyl (C=O) groups excluding carboxylic acids is 1. The highest BCUT2D eigenvalue weighted by Crippen LogP contribution is 2.33. The van der Waals surface area contributed by atoms with Crippen molar-refractivity contribution in [2.45, 2.75) is 20.0 Å². The number of imidazole rings is 1. The summed E-state index contributed by atoms with van der Waals surface area (Å²) in [4.78, 5) is 29.7. The average Bonchev–Trinajstić information content (AvgIpc) is 3.51. The normalized spacial score (nSPS) is 14.9. The number of rotatable bonds is 6. The van der Waals surface area contributed by atoms with Gasteiger partial charge in [0, 0.05) is 57.1 Å². The van der Waals surface area contributed by atoms with Crippen molar-refractivity contribution in [3.63, 3.8) is 0 Å². The lowest BCUT2D eigenvalue weighted by Gasteiger charge is -2.14. The van der Waals surface area contributed by atoms with Crippen LogP contribution in [0.5, 0.6) is 0 Å². The smallest absolute Gasteiger partial charge is 0.324 e. The molecule has 196 valence electrons. The second kappa shape index (κ2) is 10.4. The Morgan fingerprint density at radius 3 is 2.72 bits per heavy atom. The maximum atomic E-state index is 14.2. The van der Waals surface area contributed by atoms with E-state index in [9.17, 15) is 18.0 Å². The van der Waals surface area contributed by atoms with Gasteiger partial charge in [0.2, 0.25) is 5.95 Å². The van der Waals surface area contributed by atoms with E-state index in [0.717, 1.165) is 12.5 Å². The van der Waals surface area contributed by atoms with Gasteiger partial charge in [0.1, 0.15) is 0 Å². The Balaban J connectivity index is 1.61. The number of anilines is 3. The van der Waals surface area contributed by atoms with Gasteiger partial charge in [-0.2, -0.15) is 13.2 Å². The first kappa shape index (κ1) is 16.7. The summed E-state index contributed by atoms with van der Waals surface area (Å²) < 4.78 is 116. The topological polar surface area (TPSA) is 97.6 Å². The first-order chi connectivity index (χ1) is 22.4. The maximum Gasteiger partial charge on any atom is 0.416 e. The molecule has 1 amide bonds. The van der Waals surface area contributed by atoms with Crippen LogP contribution in [-0.4, -0.2) is 30.4 Å². The van der Waals surface area contributed by atoms with Crippen LogP contribution in [0.4, 0.5) is 30.5 Å². The van der Waals surface area contributed by atoms with Crippen molar-refractivity contribution in [3.05, 3.63) is 108 Å².